The molecule has 0 amide bonds. The molecule has 6 heteroatoms. The summed E-state index contributed by atoms with van der Waals surface area (Å²) in [6, 6.07) is 0. The van der Waals surface area contributed by atoms with Crippen molar-refractivity contribution in [3.05, 3.63) is 23.3 Å². The van der Waals surface area contributed by atoms with Crippen LogP contribution in [0, 0.1) is 6.92 Å². The van der Waals surface area contributed by atoms with Crippen molar-refractivity contribution in [2.45, 2.75) is 19.1 Å². The van der Waals surface area contributed by atoms with Gasteiger partial charge in [-0.15, -0.1) is 0 Å². The lowest BCUT2D eigenvalue weighted by Crippen LogP contribution is -2.18. The third kappa shape index (κ3) is 1.33. The lowest BCUT2D eigenvalue weighted by atomic mass is 10.1. The first kappa shape index (κ1) is 9.77. The van der Waals surface area contributed by atoms with Crippen molar-refractivity contribution in [2.75, 3.05) is 5.75 Å². The van der Waals surface area contributed by atoms with E-state index in [4.69, 9.17) is 0 Å². The zero-order valence-electron chi connectivity index (χ0n) is 8.82. The number of hydrogen-bond acceptors (Lipinski definition) is 4. The van der Waals surface area contributed by atoms with Gasteiger partial charge in [0.05, 0.1) is 17.2 Å². The number of aromatic nitrogens is 3. The Morgan fingerprint density at radius 1 is 1.38 bits per heavy atom. The minimum absolute atomic E-state index is 0.108. The highest BCUT2D eigenvalue weighted by atomic mass is 32.2. The Hall–Kier alpha value is -1.43. The Balaban J connectivity index is 2.36. The summed E-state index contributed by atoms with van der Waals surface area (Å²) >= 11 is 0. The van der Waals surface area contributed by atoms with Crippen molar-refractivity contribution in [2.24, 2.45) is 0 Å². The zero-order chi connectivity index (χ0) is 11.3. The maximum Gasteiger partial charge on any atom is 0.154 e. The molecule has 5 nitrogen and oxygen atoms in total. The van der Waals surface area contributed by atoms with Gasteiger partial charge in [-0.05, 0) is 12.5 Å². The van der Waals surface area contributed by atoms with E-state index in [0.717, 1.165) is 28.0 Å². The van der Waals surface area contributed by atoms with Gasteiger partial charge in [-0.3, -0.25) is 0 Å². The summed E-state index contributed by atoms with van der Waals surface area (Å²) in [6.45, 7) is 1.87. The van der Waals surface area contributed by atoms with Crippen LogP contribution in [0.1, 0.15) is 17.0 Å². The molecule has 16 heavy (non-hydrogen) atoms. The molecule has 2 aromatic rings. The standard InChI is InChI=1S/C10H11N3O2S/c1-6-9-7-4-16(14,15)3-2-8(7)13-10(9)12-5-11-6/h5H,2-4H2,1H3,(H,11,12,13). The molecule has 0 saturated carbocycles. The first-order valence-corrected chi connectivity index (χ1v) is 6.90. The number of sulfone groups is 1. The highest BCUT2D eigenvalue weighted by Crippen LogP contribution is 2.28. The van der Waals surface area contributed by atoms with Gasteiger partial charge < -0.3 is 4.98 Å². The minimum atomic E-state index is -2.95. The molecule has 0 saturated heterocycles. The first-order chi connectivity index (χ1) is 7.57. The van der Waals surface area contributed by atoms with Crippen LogP contribution < -0.4 is 0 Å². The summed E-state index contributed by atoms with van der Waals surface area (Å²) in [5.74, 6) is 0.329. The molecular weight excluding hydrogens is 226 g/mol. The van der Waals surface area contributed by atoms with Crippen molar-refractivity contribution < 1.29 is 8.42 Å². The number of H-pyrrole nitrogens is 1. The van der Waals surface area contributed by atoms with Crippen LogP contribution in [0.25, 0.3) is 11.0 Å². The van der Waals surface area contributed by atoms with Crippen LogP contribution in [0.4, 0.5) is 0 Å². The van der Waals surface area contributed by atoms with Crippen molar-refractivity contribution >= 4 is 20.9 Å². The second-order valence-corrected chi connectivity index (χ2v) is 6.29. The van der Waals surface area contributed by atoms with Gasteiger partial charge >= 0.3 is 0 Å². The molecule has 0 bridgehead atoms. The fourth-order valence-corrected chi connectivity index (χ4v) is 3.64. The molecule has 1 N–H and O–H groups in total. The van der Waals surface area contributed by atoms with Crippen LogP contribution in [0.5, 0.6) is 0 Å². The SMILES string of the molecule is Cc1ncnc2[nH]c3c(c12)CS(=O)(=O)CC3. The van der Waals surface area contributed by atoms with Crippen LogP contribution in [0.2, 0.25) is 0 Å². The van der Waals surface area contributed by atoms with E-state index in [1.54, 1.807) is 0 Å². The molecule has 2 aromatic heterocycles. The lowest BCUT2D eigenvalue weighted by Gasteiger charge is -2.12. The second-order valence-electron chi connectivity index (χ2n) is 4.11. The molecule has 0 unspecified atom stereocenters. The third-order valence-electron chi connectivity index (χ3n) is 3.00. The van der Waals surface area contributed by atoms with E-state index < -0.39 is 9.84 Å². The topological polar surface area (TPSA) is 75.7 Å². The van der Waals surface area contributed by atoms with Gasteiger partial charge in [0, 0.05) is 17.5 Å². The largest absolute Gasteiger partial charge is 0.343 e. The van der Waals surface area contributed by atoms with Gasteiger partial charge in [-0.1, -0.05) is 0 Å². The molecular formula is C10H11N3O2S. The number of fused-ring (bicyclic) bond motifs is 3. The van der Waals surface area contributed by atoms with E-state index >= 15 is 0 Å². The number of rotatable bonds is 0. The molecule has 0 aromatic carbocycles. The fraction of sp³-hybridized carbons (Fsp3) is 0.400. The van der Waals surface area contributed by atoms with Gasteiger partial charge in [-0.2, -0.15) is 0 Å². The van der Waals surface area contributed by atoms with Crippen molar-refractivity contribution in [3.8, 4) is 0 Å². The quantitative estimate of drug-likeness (QED) is 0.733. The normalized spacial score (nSPS) is 18.6. The molecule has 3 rings (SSSR count). The zero-order valence-corrected chi connectivity index (χ0v) is 9.63. The molecule has 1 aliphatic heterocycles. The summed E-state index contributed by atoms with van der Waals surface area (Å²) in [5, 5.41) is 0.876. The second kappa shape index (κ2) is 3.04. The third-order valence-corrected chi connectivity index (χ3v) is 4.55. The number of aromatic amines is 1. The van der Waals surface area contributed by atoms with Crippen LogP contribution in [-0.4, -0.2) is 29.1 Å². The fourth-order valence-electron chi connectivity index (χ4n) is 2.22. The van der Waals surface area contributed by atoms with Gasteiger partial charge in [-0.25, -0.2) is 18.4 Å². The monoisotopic (exact) mass is 237 g/mol. The van der Waals surface area contributed by atoms with E-state index in [0.29, 0.717) is 6.42 Å². The van der Waals surface area contributed by atoms with Crippen molar-refractivity contribution in [1.29, 1.82) is 0 Å². The summed E-state index contributed by atoms with van der Waals surface area (Å²) in [6.07, 6.45) is 2.04. The predicted molar refractivity (Wildman–Crippen MR) is 59.8 cm³/mol. The van der Waals surface area contributed by atoms with Gasteiger partial charge in [0.15, 0.2) is 9.84 Å². The van der Waals surface area contributed by atoms with Gasteiger partial charge in [0.25, 0.3) is 0 Å². The number of aryl methyl sites for hydroxylation is 2. The molecule has 3 heterocycles. The summed E-state index contributed by atoms with van der Waals surface area (Å²) in [4.78, 5) is 11.4. The average molecular weight is 237 g/mol. The Morgan fingerprint density at radius 2 is 2.19 bits per heavy atom. The van der Waals surface area contributed by atoms with Crippen LogP contribution in [-0.2, 0) is 22.0 Å². The smallest absolute Gasteiger partial charge is 0.154 e. The van der Waals surface area contributed by atoms with E-state index in [1.165, 1.54) is 6.33 Å². The van der Waals surface area contributed by atoms with Crippen LogP contribution >= 0.6 is 0 Å². The maximum absolute atomic E-state index is 11.6. The Kier molecular flexibility index (Phi) is 1.85. The molecule has 84 valence electrons. The van der Waals surface area contributed by atoms with Crippen molar-refractivity contribution in [1.82, 2.24) is 15.0 Å². The maximum atomic E-state index is 11.6. The van der Waals surface area contributed by atoms with E-state index in [9.17, 15) is 8.42 Å². The lowest BCUT2D eigenvalue weighted by molar-refractivity contribution is 0.591. The highest BCUT2D eigenvalue weighted by molar-refractivity contribution is 7.90. The minimum Gasteiger partial charge on any atom is -0.343 e. The van der Waals surface area contributed by atoms with E-state index in [1.807, 2.05) is 6.92 Å². The summed E-state index contributed by atoms with van der Waals surface area (Å²) in [7, 11) is -2.95. The highest BCUT2D eigenvalue weighted by Gasteiger charge is 2.26. The Labute approximate surface area is 92.8 Å². The first-order valence-electron chi connectivity index (χ1n) is 5.08. The molecule has 0 fully saturated rings. The summed E-state index contributed by atoms with van der Waals surface area (Å²) in [5.41, 5.74) is 3.43. The predicted octanol–water partition coefficient (Wildman–Crippen LogP) is 0.737. The van der Waals surface area contributed by atoms with E-state index in [-0.39, 0.29) is 11.5 Å². The molecule has 0 radical (unpaired) electrons. The Morgan fingerprint density at radius 3 is 3.00 bits per heavy atom. The van der Waals surface area contributed by atoms with Crippen LogP contribution in [0.3, 0.4) is 0 Å². The number of nitrogens with zero attached hydrogens (tertiary/aromatic N) is 2. The van der Waals surface area contributed by atoms with Gasteiger partial charge in [0.2, 0.25) is 0 Å². The van der Waals surface area contributed by atoms with Crippen LogP contribution in [0.15, 0.2) is 6.33 Å². The summed E-state index contributed by atoms with van der Waals surface area (Å²) < 4.78 is 23.2. The van der Waals surface area contributed by atoms with E-state index in [2.05, 4.69) is 15.0 Å². The molecule has 1 aliphatic rings. The molecule has 0 spiro atoms. The molecule has 0 aliphatic carbocycles. The number of hydrogen-bond donors (Lipinski definition) is 1. The number of nitrogens with one attached hydrogen (secondary N) is 1. The van der Waals surface area contributed by atoms with Crippen molar-refractivity contribution in [3.63, 3.8) is 0 Å². The van der Waals surface area contributed by atoms with Gasteiger partial charge in [0.1, 0.15) is 12.0 Å². The molecule has 0 atom stereocenters. The Bertz CT molecular complexity index is 673. The average Bonchev–Trinajstić information content (AvgIpc) is 2.55.